The molecule has 0 rings (SSSR count). The standard InChI is InChI=1S/C4H6O2S.H3N/c1-3-7(5,6)4-2;/h3-4H,1-2H2;1H3. The maximum atomic E-state index is 10.1. The molecule has 3 nitrogen and oxygen atoms in total. The highest BCUT2D eigenvalue weighted by Gasteiger charge is 1.90. The summed E-state index contributed by atoms with van der Waals surface area (Å²) in [7, 11) is -3.13. The summed E-state index contributed by atoms with van der Waals surface area (Å²) in [6, 6.07) is 0. The van der Waals surface area contributed by atoms with E-state index in [4.69, 9.17) is 0 Å². The van der Waals surface area contributed by atoms with E-state index in [2.05, 4.69) is 13.2 Å². The summed E-state index contributed by atoms with van der Waals surface area (Å²) < 4.78 is 20.3. The monoisotopic (exact) mass is 135 g/mol. The van der Waals surface area contributed by atoms with Crippen LogP contribution in [0.5, 0.6) is 0 Å². The Labute approximate surface area is 49.2 Å². The average molecular weight is 135 g/mol. The Morgan fingerprint density at radius 1 is 1.12 bits per heavy atom. The van der Waals surface area contributed by atoms with E-state index in [1.54, 1.807) is 0 Å². The summed E-state index contributed by atoms with van der Waals surface area (Å²) in [5, 5.41) is 1.69. The molecule has 48 valence electrons. The molecular weight excluding hydrogens is 126 g/mol. The van der Waals surface area contributed by atoms with Gasteiger partial charge in [-0.15, -0.1) is 0 Å². The number of hydrogen-bond donors (Lipinski definition) is 1. The third-order valence-electron chi connectivity index (χ3n) is 0.465. The van der Waals surface area contributed by atoms with Gasteiger partial charge in [0.1, 0.15) is 0 Å². The van der Waals surface area contributed by atoms with E-state index >= 15 is 0 Å². The Hall–Kier alpha value is -0.610. The van der Waals surface area contributed by atoms with Gasteiger partial charge >= 0.3 is 0 Å². The van der Waals surface area contributed by atoms with Crippen LogP contribution in [0.1, 0.15) is 0 Å². The first kappa shape index (κ1) is 10.4. The predicted molar refractivity (Wildman–Crippen MR) is 34.3 cm³/mol. The van der Waals surface area contributed by atoms with Crippen molar-refractivity contribution in [3.05, 3.63) is 24.0 Å². The largest absolute Gasteiger partial charge is 0.344 e. The topological polar surface area (TPSA) is 69.1 Å². The Morgan fingerprint density at radius 2 is 1.38 bits per heavy atom. The molecule has 0 atom stereocenters. The van der Waals surface area contributed by atoms with Crippen LogP contribution < -0.4 is 6.15 Å². The zero-order valence-corrected chi connectivity index (χ0v) is 5.32. The molecule has 0 saturated heterocycles. The lowest BCUT2D eigenvalue weighted by Crippen LogP contribution is -1.83. The van der Waals surface area contributed by atoms with E-state index in [9.17, 15) is 8.42 Å². The maximum absolute atomic E-state index is 10.1. The third kappa shape index (κ3) is 3.58. The van der Waals surface area contributed by atoms with E-state index in [1.807, 2.05) is 0 Å². The van der Waals surface area contributed by atoms with Crippen LogP contribution in [0.15, 0.2) is 24.0 Å². The molecular formula is C4H9NO2S. The van der Waals surface area contributed by atoms with Gasteiger partial charge in [0.15, 0.2) is 9.84 Å². The van der Waals surface area contributed by atoms with Crippen LogP contribution in [-0.2, 0) is 9.84 Å². The third-order valence-corrected chi connectivity index (χ3v) is 1.39. The molecule has 0 aliphatic rings. The molecule has 8 heavy (non-hydrogen) atoms. The van der Waals surface area contributed by atoms with E-state index in [0.717, 1.165) is 10.8 Å². The van der Waals surface area contributed by atoms with Gasteiger partial charge in [-0.3, -0.25) is 0 Å². The molecule has 3 N–H and O–H groups in total. The highest BCUT2D eigenvalue weighted by molar-refractivity contribution is 7.97. The first-order chi connectivity index (χ1) is 3.12. The summed E-state index contributed by atoms with van der Waals surface area (Å²) in [6.45, 7) is 6.09. The Kier molecular flexibility index (Phi) is 4.41. The van der Waals surface area contributed by atoms with Crippen LogP contribution >= 0.6 is 0 Å². The molecule has 0 fully saturated rings. The van der Waals surface area contributed by atoms with Crippen LogP contribution in [-0.4, -0.2) is 8.42 Å². The van der Waals surface area contributed by atoms with Crippen molar-refractivity contribution in [1.29, 1.82) is 0 Å². The van der Waals surface area contributed by atoms with Crippen molar-refractivity contribution < 1.29 is 8.42 Å². The Bertz CT molecular complexity index is 154. The van der Waals surface area contributed by atoms with Gasteiger partial charge in [0.2, 0.25) is 0 Å². The van der Waals surface area contributed by atoms with Crippen LogP contribution in [0.2, 0.25) is 0 Å². The quantitative estimate of drug-likeness (QED) is 0.610. The van der Waals surface area contributed by atoms with Crippen molar-refractivity contribution in [3.63, 3.8) is 0 Å². The van der Waals surface area contributed by atoms with Gasteiger partial charge in [-0.1, -0.05) is 13.2 Å². The summed E-state index contributed by atoms with van der Waals surface area (Å²) in [5.41, 5.74) is 0. The van der Waals surface area contributed by atoms with Crippen LogP contribution in [0.25, 0.3) is 0 Å². The highest BCUT2D eigenvalue weighted by atomic mass is 32.2. The van der Waals surface area contributed by atoms with Gasteiger partial charge in [0.25, 0.3) is 0 Å². The van der Waals surface area contributed by atoms with Crippen LogP contribution in [0.4, 0.5) is 0 Å². The van der Waals surface area contributed by atoms with Gasteiger partial charge < -0.3 is 6.15 Å². The van der Waals surface area contributed by atoms with Crippen LogP contribution in [0, 0.1) is 0 Å². The Balaban J connectivity index is 0. The molecule has 0 aliphatic heterocycles. The summed E-state index contributed by atoms with van der Waals surface area (Å²) in [4.78, 5) is 0. The van der Waals surface area contributed by atoms with Gasteiger partial charge in [-0.2, -0.15) is 0 Å². The molecule has 0 aromatic heterocycles. The molecule has 0 unspecified atom stereocenters. The normalized spacial score (nSPS) is 9.00. The summed E-state index contributed by atoms with van der Waals surface area (Å²) >= 11 is 0. The lowest BCUT2D eigenvalue weighted by Gasteiger charge is -1.78. The van der Waals surface area contributed by atoms with Crippen molar-refractivity contribution in [2.45, 2.75) is 0 Å². The SMILES string of the molecule is C=CS(=O)(=O)C=C.N. The number of hydrogen-bond acceptors (Lipinski definition) is 3. The first-order valence-corrected chi connectivity index (χ1v) is 3.23. The van der Waals surface area contributed by atoms with Gasteiger partial charge in [0.05, 0.1) is 0 Å². The molecule has 0 aromatic carbocycles. The summed E-state index contributed by atoms with van der Waals surface area (Å²) in [6.07, 6.45) is 0. The molecule has 0 radical (unpaired) electrons. The van der Waals surface area contributed by atoms with E-state index < -0.39 is 9.84 Å². The van der Waals surface area contributed by atoms with E-state index in [-0.39, 0.29) is 6.15 Å². The first-order valence-electron chi connectivity index (χ1n) is 1.62. The molecule has 0 aliphatic carbocycles. The lowest BCUT2D eigenvalue weighted by molar-refractivity contribution is 0.613. The number of sulfone groups is 1. The van der Waals surface area contributed by atoms with E-state index in [1.165, 1.54) is 0 Å². The van der Waals surface area contributed by atoms with Crippen molar-refractivity contribution in [3.8, 4) is 0 Å². The molecule has 0 amide bonds. The van der Waals surface area contributed by atoms with Crippen molar-refractivity contribution in [2.24, 2.45) is 0 Å². The van der Waals surface area contributed by atoms with Gasteiger partial charge in [-0.05, 0) is 0 Å². The second-order valence-electron chi connectivity index (χ2n) is 0.922. The lowest BCUT2D eigenvalue weighted by atomic mass is 11.3. The molecule has 0 spiro atoms. The highest BCUT2D eigenvalue weighted by Crippen LogP contribution is 1.87. The fraction of sp³-hybridized carbons (Fsp3) is 0. The second-order valence-corrected chi connectivity index (χ2v) is 2.77. The van der Waals surface area contributed by atoms with E-state index in [0.29, 0.717) is 0 Å². The average Bonchev–Trinajstić information content (AvgIpc) is 1.68. The molecule has 4 heteroatoms. The fourth-order valence-corrected chi connectivity index (χ4v) is 0.204. The Morgan fingerprint density at radius 3 is 1.38 bits per heavy atom. The number of rotatable bonds is 2. The summed E-state index contributed by atoms with van der Waals surface area (Å²) in [5.74, 6) is 0. The predicted octanol–water partition coefficient (Wildman–Crippen LogP) is 0.850. The minimum absolute atomic E-state index is 0. The van der Waals surface area contributed by atoms with Gasteiger partial charge in [-0.25, -0.2) is 8.42 Å². The molecule has 0 bridgehead atoms. The van der Waals surface area contributed by atoms with Crippen molar-refractivity contribution >= 4 is 9.84 Å². The molecule has 0 saturated carbocycles. The fourth-order valence-electron chi connectivity index (χ4n) is 0.0680. The zero-order valence-electron chi connectivity index (χ0n) is 4.50. The van der Waals surface area contributed by atoms with Crippen molar-refractivity contribution in [2.75, 3.05) is 0 Å². The smallest absolute Gasteiger partial charge is 0.191 e. The molecule has 0 aromatic rings. The van der Waals surface area contributed by atoms with Crippen molar-refractivity contribution in [1.82, 2.24) is 6.15 Å². The minimum Gasteiger partial charge on any atom is -0.344 e. The second kappa shape index (κ2) is 3.40. The molecule has 0 heterocycles. The zero-order chi connectivity index (χ0) is 5.91. The van der Waals surface area contributed by atoms with Crippen LogP contribution in [0.3, 0.4) is 0 Å². The maximum Gasteiger partial charge on any atom is 0.191 e. The van der Waals surface area contributed by atoms with Gasteiger partial charge in [0, 0.05) is 10.8 Å². The minimum atomic E-state index is -3.13.